The van der Waals surface area contributed by atoms with Crippen molar-refractivity contribution >= 4 is 43.5 Å². The number of carbonyl (C=O) groups is 1. The fourth-order valence-electron chi connectivity index (χ4n) is 1.04. The molecule has 0 aromatic carbocycles. The molecule has 72 valence electrons. The van der Waals surface area contributed by atoms with E-state index in [0.717, 1.165) is 0 Å². The van der Waals surface area contributed by atoms with Gasteiger partial charge in [-0.15, -0.1) is 0 Å². The molecule has 2 aromatic rings. The summed E-state index contributed by atoms with van der Waals surface area (Å²) in [7, 11) is 0. The van der Waals surface area contributed by atoms with Gasteiger partial charge >= 0.3 is 5.97 Å². The van der Waals surface area contributed by atoms with Gasteiger partial charge in [0.15, 0.2) is 15.9 Å². The van der Waals surface area contributed by atoms with Crippen molar-refractivity contribution in [2.45, 2.75) is 0 Å². The molecule has 0 bridgehead atoms. The van der Waals surface area contributed by atoms with E-state index in [0.29, 0.717) is 14.9 Å². The highest BCUT2D eigenvalue weighted by Crippen LogP contribution is 2.18. The Kier molecular flexibility index (Phi) is 2.28. The van der Waals surface area contributed by atoms with Crippen LogP contribution in [0.1, 0.15) is 10.5 Å². The summed E-state index contributed by atoms with van der Waals surface area (Å²) in [5.41, 5.74) is 0.469. The molecule has 1 N–H and O–H groups in total. The molecule has 0 aliphatic rings. The van der Waals surface area contributed by atoms with Crippen LogP contribution in [0.2, 0.25) is 0 Å². The zero-order chi connectivity index (χ0) is 10.3. The molecule has 0 amide bonds. The normalized spacial score (nSPS) is 10.7. The fourth-order valence-corrected chi connectivity index (χ4v) is 2.16. The molecule has 0 saturated carbocycles. The third kappa shape index (κ3) is 1.53. The van der Waals surface area contributed by atoms with Crippen LogP contribution >= 0.6 is 31.9 Å². The van der Waals surface area contributed by atoms with Crippen molar-refractivity contribution in [3.63, 3.8) is 0 Å². The lowest BCUT2D eigenvalue weighted by Crippen LogP contribution is -1.94. The molecule has 0 atom stereocenters. The molecule has 0 aliphatic carbocycles. The second-order valence-electron chi connectivity index (χ2n) is 2.52. The molecular weight excluding hydrogens is 318 g/mol. The van der Waals surface area contributed by atoms with Crippen LogP contribution in [0, 0.1) is 0 Å². The van der Waals surface area contributed by atoms with Gasteiger partial charge < -0.3 is 9.51 Å². The number of aromatic carboxylic acids is 1. The van der Waals surface area contributed by atoms with Crippen LogP contribution in [0.4, 0.5) is 0 Å². The Balaban J connectivity index is 2.76. The van der Waals surface area contributed by atoms with Gasteiger partial charge in [-0.05, 0) is 31.9 Å². The number of fused-ring (bicyclic) bond motifs is 1. The summed E-state index contributed by atoms with van der Waals surface area (Å²) in [6, 6.07) is 0. The van der Waals surface area contributed by atoms with E-state index >= 15 is 0 Å². The first kappa shape index (κ1) is 9.60. The van der Waals surface area contributed by atoms with Gasteiger partial charge in [-0.3, -0.25) is 0 Å². The lowest BCUT2D eigenvalue weighted by Gasteiger charge is -1.95. The molecule has 2 heterocycles. The Bertz CT molecular complexity index is 523. The van der Waals surface area contributed by atoms with Crippen LogP contribution in [0.15, 0.2) is 21.6 Å². The molecule has 14 heavy (non-hydrogen) atoms. The number of hydrogen-bond donors (Lipinski definition) is 1. The molecular formula is C7H3Br2N3O2. The van der Waals surface area contributed by atoms with Crippen LogP contribution in [0.3, 0.4) is 0 Å². The van der Waals surface area contributed by atoms with Gasteiger partial charge in [-0.25, -0.2) is 14.8 Å². The first-order valence-corrected chi connectivity index (χ1v) is 5.10. The van der Waals surface area contributed by atoms with Crippen molar-refractivity contribution in [1.82, 2.24) is 14.4 Å². The molecule has 2 aromatic heterocycles. The van der Waals surface area contributed by atoms with Crippen molar-refractivity contribution in [3.8, 4) is 0 Å². The maximum atomic E-state index is 10.6. The second-order valence-corrected chi connectivity index (χ2v) is 4.08. The smallest absolute Gasteiger partial charge is 0.356 e. The highest BCUT2D eigenvalue weighted by atomic mass is 79.9. The lowest BCUT2D eigenvalue weighted by atomic mass is 10.5. The van der Waals surface area contributed by atoms with Crippen molar-refractivity contribution in [2.24, 2.45) is 0 Å². The average molecular weight is 321 g/mol. The highest BCUT2D eigenvalue weighted by Gasteiger charge is 2.11. The summed E-state index contributed by atoms with van der Waals surface area (Å²) in [5.74, 6) is -1.06. The van der Waals surface area contributed by atoms with Crippen LogP contribution in [-0.4, -0.2) is 25.4 Å². The van der Waals surface area contributed by atoms with E-state index in [1.807, 2.05) is 0 Å². The van der Waals surface area contributed by atoms with Crippen LogP contribution in [-0.2, 0) is 0 Å². The molecule has 0 fully saturated rings. The summed E-state index contributed by atoms with van der Waals surface area (Å²) in [5, 5.41) is 8.72. The van der Waals surface area contributed by atoms with Crippen molar-refractivity contribution in [2.75, 3.05) is 0 Å². The minimum atomic E-state index is -1.06. The minimum absolute atomic E-state index is 0.00870. The largest absolute Gasteiger partial charge is 0.476 e. The topological polar surface area (TPSA) is 67.5 Å². The standard InChI is InChI=1S/C7H3Br2N3O2/c8-4-2-12-1-3(7(13)14)10-6(12)5(9)11-4/h1-2H,(H,13,14). The summed E-state index contributed by atoms with van der Waals surface area (Å²) in [6.07, 6.45) is 3.06. The number of imidazole rings is 1. The first-order chi connectivity index (χ1) is 6.58. The number of hydrogen-bond acceptors (Lipinski definition) is 3. The van der Waals surface area contributed by atoms with Crippen LogP contribution in [0.5, 0.6) is 0 Å². The number of carboxylic acids is 1. The number of aromatic nitrogens is 3. The third-order valence-corrected chi connectivity index (χ3v) is 2.50. The number of rotatable bonds is 1. The lowest BCUT2D eigenvalue weighted by molar-refractivity contribution is 0.0691. The maximum absolute atomic E-state index is 10.6. The summed E-state index contributed by atoms with van der Waals surface area (Å²) >= 11 is 6.39. The number of carboxylic acid groups (broad SMARTS) is 1. The van der Waals surface area contributed by atoms with Crippen molar-refractivity contribution < 1.29 is 9.90 Å². The van der Waals surface area contributed by atoms with Crippen LogP contribution < -0.4 is 0 Å². The van der Waals surface area contributed by atoms with Gasteiger partial charge in [0.25, 0.3) is 0 Å². The Morgan fingerprint density at radius 2 is 2.07 bits per heavy atom. The van der Waals surface area contributed by atoms with E-state index in [1.54, 1.807) is 10.6 Å². The molecule has 5 nitrogen and oxygen atoms in total. The molecule has 0 spiro atoms. The quantitative estimate of drug-likeness (QED) is 0.872. The molecule has 7 heteroatoms. The van der Waals surface area contributed by atoms with Gasteiger partial charge in [-0.1, -0.05) is 0 Å². The van der Waals surface area contributed by atoms with Gasteiger partial charge in [0, 0.05) is 12.4 Å². The third-order valence-electron chi connectivity index (χ3n) is 1.59. The maximum Gasteiger partial charge on any atom is 0.356 e. The first-order valence-electron chi connectivity index (χ1n) is 3.52. The molecule has 0 radical (unpaired) electrons. The Hall–Kier alpha value is -0.950. The van der Waals surface area contributed by atoms with Crippen molar-refractivity contribution in [3.05, 3.63) is 27.3 Å². The van der Waals surface area contributed by atoms with E-state index in [9.17, 15) is 4.79 Å². The Labute approximate surface area is 95.0 Å². The zero-order valence-corrected chi connectivity index (χ0v) is 9.78. The molecule has 0 saturated heterocycles. The predicted molar refractivity (Wildman–Crippen MR) is 55.3 cm³/mol. The SMILES string of the molecule is O=C(O)c1cn2cc(Br)nc(Br)c2n1. The molecule has 0 aliphatic heterocycles. The predicted octanol–water partition coefficient (Wildman–Crippen LogP) is 1.95. The summed E-state index contributed by atoms with van der Waals surface area (Å²) in [6.45, 7) is 0. The van der Waals surface area contributed by atoms with Gasteiger partial charge in [0.2, 0.25) is 0 Å². The van der Waals surface area contributed by atoms with E-state index < -0.39 is 5.97 Å². The minimum Gasteiger partial charge on any atom is -0.476 e. The monoisotopic (exact) mass is 319 g/mol. The van der Waals surface area contributed by atoms with Gasteiger partial charge in [0.1, 0.15) is 4.60 Å². The van der Waals surface area contributed by atoms with Crippen LogP contribution in [0.25, 0.3) is 5.65 Å². The van der Waals surface area contributed by atoms with Gasteiger partial charge in [-0.2, -0.15) is 0 Å². The molecule has 0 unspecified atom stereocenters. The Morgan fingerprint density at radius 1 is 1.36 bits per heavy atom. The fraction of sp³-hybridized carbons (Fsp3) is 0. The average Bonchev–Trinajstić information content (AvgIpc) is 2.47. The number of nitrogens with zero attached hydrogens (tertiary/aromatic N) is 3. The van der Waals surface area contributed by atoms with Gasteiger partial charge in [0.05, 0.1) is 0 Å². The van der Waals surface area contributed by atoms with E-state index in [4.69, 9.17) is 5.11 Å². The summed E-state index contributed by atoms with van der Waals surface area (Å²) in [4.78, 5) is 18.6. The Morgan fingerprint density at radius 3 is 2.71 bits per heavy atom. The zero-order valence-electron chi connectivity index (χ0n) is 6.61. The second kappa shape index (κ2) is 3.32. The van der Waals surface area contributed by atoms with E-state index in [1.165, 1.54) is 6.20 Å². The molecule has 2 rings (SSSR count). The number of halogens is 2. The van der Waals surface area contributed by atoms with E-state index in [-0.39, 0.29) is 5.69 Å². The van der Waals surface area contributed by atoms with E-state index in [2.05, 4.69) is 41.8 Å². The highest BCUT2D eigenvalue weighted by molar-refractivity contribution is 9.11. The van der Waals surface area contributed by atoms with Crippen molar-refractivity contribution in [1.29, 1.82) is 0 Å². The summed E-state index contributed by atoms with van der Waals surface area (Å²) < 4.78 is 2.69.